The summed E-state index contributed by atoms with van der Waals surface area (Å²) in [4.78, 5) is 6.77. The summed E-state index contributed by atoms with van der Waals surface area (Å²) in [6.45, 7) is 8.44. The van der Waals surface area contributed by atoms with Crippen LogP contribution in [0, 0.1) is 0 Å². The second kappa shape index (κ2) is 9.04. The number of nitrogens with one attached hydrogen (secondary N) is 1. The van der Waals surface area contributed by atoms with Crippen LogP contribution in [-0.2, 0) is 0 Å². The average Bonchev–Trinajstić information content (AvgIpc) is 2.18. The molecule has 0 amide bonds. The van der Waals surface area contributed by atoms with Gasteiger partial charge in [0, 0.05) is 12.6 Å². The molecule has 0 radical (unpaired) electrons. The molecule has 1 fully saturated rings. The van der Waals surface area contributed by atoms with Crippen LogP contribution >= 0.6 is 24.0 Å². The summed E-state index contributed by atoms with van der Waals surface area (Å²) < 4.78 is 0. The highest BCUT2D eigenvalue weighted by Gasteiger charge is 2.08. The molecule has 0 spiro atoms. The first kappa shape index (κ1) is 16.0. The van der Waals surface area contributed by atoms with Crippen LogP contribution in [0.1, 0.15) is 33.1 Å². The number of hydrogen-bond acceptors (Lipinski definition) is 2. The molecule has 1 saturated heterocycles. The molecule has 1 heterocycles. The molecular weight excluding hydrogens is 315 g/mol. The van der Waals surface area contributed by atoms with Crippen molar-refractivity contribution in [3.8, 4) is 0 Å². The Kier molecular flexibility index (Phi) is 9.02. The zero-order valence-corrected chi connectivity index (χ0v) is 12.7. The average molecular weight is 340 g/mol. The van der Waals surface area contributed by atoms with E-state index in [2.05, 4.69) is 29.1 Å². The maximum absolute atomic E-state index is 5.71. The predicted molar refractivity (Wildman–Crippen MR) is 80.5 cm³/mol. The van der Waals surface area contributed by atoms with E-state index in [4.69, 9.17) is 5.73 Å². The summed E-state index contributed by atoms with van der Waals surface area (Å²) in [5.74, 6) is 0.571. The molecule has 3 N–H and O–H groups in total. The Hall–Kier alpha value is -0.0400. The lowest BCUT2D eigenvalue weighted by Gasteiger charge is -2.25. The Morgan fingerprint density at radius 2 is 1.94 bits per heavy atom. The van der Waals surface area contributed by atoms with Gasteiger partial charge in [0.2, 0.25) is 0 Å². The van der Waals surface area contributed by atoms with Gasteiger partial charge in [0.15, 0.2) is 5.96 Å². The molecular formula is C11H25IN4. The molecule has 0 aliphatic carbocycles. The van der Waals surface area contributed by atoms with E-state index in [9.17, 15) is 0 Å². The summed E-state index contributed by atoms with van der Waals surface area (Å²) >= 11 is 0. The van der Waals surface area contributed by atoms with Gasteiger partial charge in [0.1, 0.15) is 0 Å². The van der Waals surface area contributed by atoms with Crippen molar-refractivity contribution in [1.29, 1.82) is 0 Å². The van der Waals surface area contributed by atoms with Gasteiger partial charge >= 0.3 is 0 Å². The second-order valence-electron chi connectivity index (χ2n) is 4.47. The number of piperidine rings is 1. The van der Waals surface area contributed by atoms with E-state index in [-0.39, 0.29) is 24.0 Å². The Labute approximate surface area is 116 Å². The molecule has 5 heteroatoms. The Bertz CT molecular complexity index is 200. The maximum atomic E-state index is 5.71. The topological polar surface area (TPSA) is 53.6 Å². The van der Waals surface area contributed by atoms with Crippen molar-refractivity contribution >= 4 is 29.9 Å². The number of nitrogens with two attached hydrogens (primary N) is 1. The van der Waals surface area contributed by atoms with E-state index >= 15 is 0 Å². The van der Waals surface area contributed by atoms with Crippen LogP contribution in [0.25, 0.3) is 0 Å². The number of nitrogens with zero attached hydrogens (tertiary/aromatic N) is 2. The molecule has 0 atom stereocenters. The number of halogens is 1. The highest BCUT2D eigenvalue weighted by Crippen LogP contribution is 2.07. The molecule has 0 aromatic heterocycles. The normalized spacial score (nSPS) is 18.3. The van der Waals surface area contributed by atoms with Crippen LogP contribution in [0.5, 0.6) is 0 Å². The van der Waals surface area contributed by atoms with Crippen molar-refractivity contribution in [2.45, 2.75) is 39.2 Å². The van der Waals surface area contributed by atoms with Crippen molar-refractivity contribution in [3.63, 3.8) is 0 Å². The molecule has 0 bridgehead atoms. The lowest BCUT2D eigenvalue weighted by atomic mass is 10.1. The first-order valence-corrected chi connectivity index (χ1v) is 5.97. The largest absolute Gasteiger partial charge is 0.370 e. The van der Waals surface area contributed by atoms with Gasteiger partial charge in [0.25, 0.3) is 0 Å². The van der Waals surface area contributed by atoms with Crippen LogP contribution in [-0.4, -0.2) is 43.1 Å². The van der Waals surface area contributed by atoms with Crippen LogP contribution in [0.3, 0.4) is 0 Å². The van der Waals surface area contributed by atoms with Crippen LogP contribution in [0.4, 0.5) is 0 Å². The lowest BCUT2D eigenvalue weighted by molar-refractivity contribution is 0.235. The Morgan fingerprint density at radius 1 is 1.31 bits per heavy atom. The van der Waals surface area contributed by atoms with Gasteiger partial charge in [-0.05, 0) is 39.8 Å². The summed E-state index contributed by atoms with van der Waals surface area (Å²) in [6.07, 6.45) is 4.06. The number of rotatable bonds is 4. The van der Waals surface area contributed by atoms with E-state index in [0.29, 0.717) is 12.0 Å². The van der Waals surface area contributed by atoms with E-state index in [1.165, 1.54) is 32.4 Å². The van der Waals surface area contributed by atoms with Crippen LogP contribution in [0.15, 0.2) is 4.99 Å². The van der Waals surface area contributed by atoms with Crippen molar-refractivity contribution in [1.82, 2.24) is 10.2 Å². The minimum absolute atomic E-state index is 0. The second-order valence-corrected chi connectivity index (χ2v) is 4.47. The fourth-order valence-corrected chi connectivity index (χ4v) is 1.84. The van der Waals surface area contributed by atoms with Crippen molar-refractivity contribution in [3.05, 3.63) is 0 Å². The fraction of sp³-hybridized carbons (Fsp3) is 0.909. The Morgan fingerprint density at radius 3 is 2.50 bits per heavy atom. The summed E-state index contributed by atoms with van der Waals surface area (Å²) in [7, 11) is 0. The zero-order chi connectivity index (χ0) is 11.1. The van der Waals surface area contributed by atoms with Crippen LogP contribution < -0.4 is 11.1 Å². The molecule has 0 aromatic carbocycles. The fourth-order valence-electron chi connectivity index (χ4n) is 1.84. The quantitative estimate of drug-likeness (QED) is 0.462. The zero-order valence-electron chi connectivity index (χ0n) is 10.4. The SMILES string of the molecule is CC(C)NC(N)=NCCN1CCCCC1.I. The summed E-state index contributed by atoms with van der Waals surface area (Å²) in [5.41, 5.74) is 5.71. The third kappa shape index (κ3) is 7.27. The lowest BCUT2D eigenvalue weighted by Crippen LogP contribution is -2.38. The molecule has 0 saturated carbocycles. The third-order valence-corrected chi connectivity index (χ3v) is 2.58. The van der Waals surface area contributed by atoms with Crippen molar-refractivity contribution < 1.29 is 0 Å². The predicted octanol–water partition coefficient (Wildman–Crippen LogP) is 1.40. The van der Waals surface area contributed by atoms with Gasteiger partial charge in [0.05, 0.1) is 6.54 Å². The first-order chi connectivity index (χ1) is 7.18. The molecule has 96 valence electrons. The van der Waals surface area contributed by atoms with Gasteiger partial charge in [-0.1, -0.05) is 6.42 Å². The molecule has 0 unspecified atom stereocenters. The molecule has 0 aromatic rings. The molecule has 4 nitrogen and oxygen atoms in total. The van der Waals surface area contributed by atoms with Gasteiger partial charge in [-0.2, -0.15) is 0 Å². The highest BCUT2D eigenvalue weighted by atomic mass is 127. The van der Waals surface area contributed by atoms with Crippen molar-refractivity contribution in [2.75, 3.05) is 26.2 Å². The smallest absolute Gasteiger partial charge is 0.188 e. The minimum atomic E-state index is 0. The molecule has 1 rings (SSSR count). The highest BCUT2D eigenvalue weighted by molar-refractivity contribution is 14.0. The minimum Gasteiger partial charge on any atom is -0.370 e. The van der Waals surface area contributed by atoms with Gasteiger partial charge in [-0.25, -0.2) is 0 Å². The Balaban J connectivity index is 0.00000225. The molecule has 1 aliphatic rings. The third-order valence-electron chi connectivity index (χ3n) is 2.58. The van der Waals surface area contributed by atoms with Crippen LogP contribution in [0.2, 0.25) is 0 Å². The van der Waals surface area contributed by atoms with E-state index in [0.717, 1.165) is 13.1 Å². The van der Waals surface area contributed by atoms with E-state index in [1.54, 1.807) is 0 Å². The van der Waals surface area contributed by atoms with Gasteiger partial charge < -0.3 is 16.0 Å². The first-order valence-electron chi connectivity index (χ1n) is 5.97. The monoisotopic (exact) mass is 340 g/mol. The maximum Gasteiger partial charge on any atom is 0.188 e. The number of guanidine groups is 1. The number of likely N-dealkylation sites (tertiary alicyclic amines) is 1. The standard InChI is InChI=1S/C11H24N4.HI/c1-10(2)14-11(12)13-6-9-15-7-4-3-5-8-15;/h10H,3-9H2,1-2H3,(H3,12,13,14);1H. The van der Waals surface area contributed by atoms with Crippen molar-refractivity contribution in [2.24, 2.45) is 10.7 Å². The number of aliphatic imine (C=N–C) groups is 1. The van der Waals surface area contributed by atoms with E-state index < -0.39 is 0 Å². The molecule has 1 aliphatic heterocycles. The van der Waals surface area contributed by atoms with Gasteiger partial charge in [-0.15, -0.1) is 24.0 Å². The van der Waals surface area contributed by atoms with E-state index in [1.807, 2.05) is 0 Å². The van der Waals surface area contributed by atoms with Gasteiger partial charge in [-0.3, -0.25) is 4.99 Å². The summed E-state index contributed by atoms with van der Waals surface area (Å²) in [5, 5.41) is 3.09. The summed E-state index contributed by atoms with van der Waals surface area (Å²) in [6, 6.07) is 0.365. The number of hydrogen-bond donors (Lipinski definition) is 2. The molecule has 16 heavy (non-hydrogen) atoms.